The zero-order valence-electron chi connectivity index (χ0n) is 30.0. The molecule has 4 heterocycles. The zero-order chi connectivity index (χ0) is 36.7. The second-order valence-electron chi connectivity index (χ2n) is 14.2. The van der Waals surface area contributed by atoms with E-state index >= 15 is 0 Å². The molecule has 0 saturated carbocycles. The molecule has 0 aliphatic heterocycles. The third-order valence-corrected chi connectivity index (χ3v) is 11.2. The summed E-state index contributed by atoms with van der Waals surface area (Å²) in [6, 6.07) is 66.1. The van der Waals surface area contributed by atoms with Crippen molar-refractivity contribution < 1.29 is 4.42 Å². The van der Waals surface area contributed by atoms with Crippen LogP contribution < -0.4 is 0 Å². The van der Waals surface area contributed by atoms with Crippen LogP contribution in [0.4, 0.5) is 0 Å². The van der Waals surface area contributed by atoms with Gasteiger partial charge in [0.1, 0.15) is 11.2 Å². The number of para-hydroxylation sites is 7. The van der Waals surface area contributed by atoms with Crippen LogP contribution in [0.2, 0.25) is 0 Å². The van der Waals surface area contributed by atoms with Gasteiger partial charge in [-0.15, -0.1) is 10.2 Å². The van der Waals surface area contributed by atoms with E-state index in [0.29, 0.717) is 0 Å². The van der Waals surface area contributed by atoms with E-state index in [2.05, 4.69) is 171 Å². The van der Waals surface area contributed by atoms with Crippen LogP contribution in [-0.2, 0) is 0 Å². The average Bonchev–Trinajstić information content (AvgIpc) is 4.04. The Morgan fingerprint density at radius 1 is 0.357 bits per heavy atom. The fourth-order valence-corrected chi connectivity index (χ4v) is 8.86. The van der Waals surface area contributed by atoms with Gasteiger partial charge in [-0.05, 0) is 60.7 Å². The molecule has 0 unspecified atom stereocenters. The molecule has 12 rings (SSSR count). The number of hydrogen-bond donors (Lipinski definition) is 0. The maximum atomic E-state index is 6.48. The van der Waals surface area contributed by atoms with E-state index in [9.17, 15) is 0 Å². The lowest BCUT2D eigenvalue weighted by Gasteiger charge is -2.18. The summed E-state index contributed by atoms with van der Waals surface area (Å²) in [7, 11) is 0. The summed E-state index contributed by atoms with van der Waals surface area (Å²) in [5.74, 6) is 1.55. The van der Waals surface area contributed by atoms with Crippen LogP contribution >= 0.6 is 0 Å². The molecule has 56 heavy (non-hydrogen) atoms. The normalized spacial score (nSPS) is 11.9. The number of benzene rings is 8. The molecule has 0 aliphatic carbocycles. The maximum absolute atomic E-state index is 6.48. The third kappa shape index (κ3) is 4.32. The van der Waals surface area contributed by atoms with Gasteiger partial charge < -0.3 is 13.6 Å². The van der Waals surface area contributed by atoms with Crippen LogP contribution in [0.25, 0.3) is 105 Å². The van der Waals surface area contributed by atoms with E-state index < -0.39 is 0 Å². The lowest BCUT2D eigenvalue weighted by atomic mass is 10.1. The summed E-state index contributed by atoms with van der Waals surface area (Å²) in [6.45, 7) is 0. The molecule has 4 aromatic heterocycles. The first-order valence-corrected chi connectivity index (χ1v) is 18.9. The van der Waals surface area contributed by atoms with Crippen molar-refractivity contribution in [1.82, 2.24) is 23.9 Å². The van der Waals surface area contributed by atoms with E-state index in [1.807, 2.05) is 30.3 Å². The molecular formula is C50H31N5O. The number of nitrogens with zero attached hydrogens (tertiary/aromatic N) is 5. The highest BCUT2D eigenvalue weighted by atomic mass is 16.3. The summed E-state index contributed by atoms with van der Waals surface area (Å²) in [6.07, 6.45) is 0. The van der Waals surface area contributed by atoms with Crippen LogP contribution in [0.3, 0.4) is 0 Å². The standard InChI is InChI=1S/C50H31N5O/c1-3-16-32(17-4-1)49-51-52-50(53(49)33-18-5-2-6-19-33)39-24-15-23-36-34-20-7-10-25-40(34)54(47(36)39)42-27-12-13-28-43(42)55-41-26-11-8-21-35(41)37-30-31-45-46(48(37)55)38-22-9-14-29-44(38)56-45/h1-31H. The minimum Gasteiger partial charge on any atom is -0.456 e. The van der Waals surface area contributed by atoms with Gasteiger partial charge in [0, 0.05) is 43.7 Å². The van der Waals surface area contributed by atoms with Crippen molar-refractivity contribution in [3.05, 3.63) is 188 Å². The molecule has 12 aromatic rings. The minimum atomic E-state index is 0.769. The Labute approximate surface area is 320 Å². The van der Waals surface area contributed by atoms with Gasteiger partial charge in [0.25, 0.3) is 0 Å². The molecule has 8 aromatic carbocycles. The Balaban J connectivity index is 1.22. The van der Waals surface area contributed by atoms with Crippen LogP contribution in [0.5, 0.6) is 0 Å². The summed E-state index contributed by atoms with van der Waals surface area (Å²) >= 11 is 0. The molecule has 0 aliphatic rings. The maximum Gasteiger partial charge on any atom is 0.171 e. The number of furan rings is 1. The molecule has 0 spiro atoms. The highest BCUT2D eigenvalue weighted by molar-refractivity contribution is 6.24. The number of aromatic nitrogens is 5. The van der Waals surface area contributed by atoms with E-state index in [4.69, 9.17) is 14.6 Å². The molecule has 0 atom stereocenters. The van der Waals surface area contributed by atoms with Crippen molar-refractivity contribution in [2.24, 2.45) is 0 Å². The highest BCUT2D eigenvalue weighted by Gasteiger charge is 2.25. The van der Waals surface area contributed by atoms with E-state index in [-0.39, 0.29) is 0 Å². The Morgan fingerprint density at radius 3 is 1.64 bits per heavy atom. The van der Waals surface area contributed by atoms with Crippen LogP contribution in [0.1, 0.15) is 0 Å². The Hall–Kier alpha value is -7.70. The van der Waals surface area contributed by atoms with Crippen molar-refractivity contribution >= 4 is 65.6 Å². The molecule has 0 N–H and O–H groups in total. The zero-order valence-corrected chi connectivity index (χ0v) is 30.0. The van der Waals surface area contributed by atoms with Crippen molar-refractivity contribution in [3.63, 3.8) is 0 Å². The minimum absolute atomic E-state index is 0.769. The van der Waals surface area contributed by atoms with Crippen LogP contribution in [-0.4, -0.2) is 23.9 Å². The smallest absolute Gasteiger partial charge is 0.171 e. The van der Waals surface area contributed by atoms with Gasteiger partial charge in [-0.3, -0.25) is 4.57 Å². The average molecular weight is 718 g/mol. The summed E-state index contributed by atoms with van der Waals surface area (Å²) in [4.78, 5) is 0. The summed E-state index contributed by atoms with van der Waals surface area (Å²) in [5.41, 5.74) is 11.3. The largest absolute Gasteiger partial charge is 0.456 e. The second-order valence-corrected chi connectivity index (χ2v) is 14.2. The van der Waals surface area contributed by atoms with Crippen LogP contribution in [0, 0.1) is 0 Å². The molecule has 0 radical (unpaired) electrons. The van der Waals surface area contributed by atoms with Crippen molar-refractivity contribution in [1.29, 1.82) is 0 Å². The predicted octanol–water partition coefficient (Wildman–Crippen LogP) is 12.7. The van der Waals surface area contributed by atoms with Gasteiger partial charge in [-0.1, -0.05) is 127 Å². The molecule has 6 nitrogen and oxygen atoms in total. The van der Waals surface area contributed by atoms with E-state index in [1.165, 1.54) is 16.2 Å². The number of fused-ring (bicyclic) bond motifs is 10. The first kappa shape index (κ1) is 30.7. The summed E-state index contributed by atoms with van der Waals surface area (Å²) < 4.78 is 13.5. The lowest BCUT2D eigenvalue weighted by Crippen LogP contribution is -2.05. The molecule has 6 heteroatoms. The second kappa shape index (κ2) is 11.9. The predicted molar refractivity (Wildman–Crippen MR) is 228 cm³/mol. The fraction of sp³-hybridized carbons (Fsp3) is 0. The monoisotopic (exact) mass is 717 g/mol. The van der Waals surface area contributed by atoms with Crippen LogP contribution in [0.15, 0.2) is 192 Å². The van der Waals surface area contributed by atoms with Gasteiger partial charge in [0.15, 0.2) is 11.6 Å². The van der Waals surface area contributed by atoms with E-state index in [0.717, 1.165) is 89.2 Å². The fourth-order valence-electron chi connectivity index (χ4n) is 8.86. The van der Waals surface area contributed by atoms with Crippen molar-refractivity contribution in [2.45, 2.75) is 0 Å². The molecule has 0 fully saturated rings. The molecule has 0 saturated heterocycles. The van der Waals surface area contributed by atoms with Gasteiger partial charge in [-0.2, -0.15) is 0 Å². The lowest BCUT2D eigenvalue weighted by molar-refractivity contribution is 0.669. The van der Waals surface area contributed by atoms with Gasteiger partial charge in [-0.25, -0.2) is 0 Å². The molecule has 0 bridgehead atoms. The third-order valence-electron chi connectivity index (χ3n) is 11.2. The van der Waals surface area contributed by atoms with Gasteiger partial charge in [0.05, 0.1) is 38.8 Å². The van der Waals surface area contributed by atoms with Gasteiger partial charge in [0.2, 0.25) is 0 Å². The topological polar surface area (TPSA) is 53.7 Å². The van der Waals surface area contributed by atoms with Gasteiger partial charge >= 0.3 is 0 Å². The van der Waals surface area contributed by atoms with Crippen molar-refractivity contribution in [3.8, 4) is 39.8 Å². The molecule has 262 valence electrons. The molecule has 0 amide bonds. The quantitative estimate of drug-likeness (QED) is 0.178. The Bertz CT molecular complexity index is 3480. The highest BCUT2D eigenvalue weighted by Crippen LogP contribution is 2.44. The Kier molecular flexibility index (Phi) is 6.53. The Morgan fingerprint density at radius 2 is 0.911 bits per heavy atom. The summed E-state index contributed by atoms with van der Waals surface area (Å²) in [5, 5.41) is 16.7. The number of hydrogen-bond acceptors (Lipinski definition) is 3. The first-order chi connectivity index (χ1) is 27.8. The SMILES string of the molecule is c1ccc(-c2nnc(-c3cccc4c5ccccc5n(-c5ccccc5-n5c6ccccc6c6ccc7oc8ccccc8c7c65)c34)n2-c2ccccc2)cc1. The molecular weight excluding hydrogens is 687 g/mol. The first-order valence-electron chi connectivity index (χ1n) is 18.9. The van der Waals surface area contributed by atoms with E-state index in [1.54, 1.807) is 0 Å². The van der Waals surface area contributed by atoms with Crippen molar-refractivity contribution in [2.75, 3.05) is 0 Å². The number of rotatable bonds is 5.